The monoisotopic (exact) mass is 534 g/mol. The summed E-state index contributed by atoms with van der Waals surface area (Å²) in [5.74, 6) is -3.83. The quantitative estimate of drug-likeness (QED) is 0.0629. The van der Waals surface area contributed by atoms with Gasteiger partial charge in [0.25, 0.3) is 0 Å². The lowest BCUT2D eigenvalue weighted by atomic mass is 10.1. The molecule has 0 rings (SSSR count). The lowest BCUT2D eigenvalue weighted by molar-refractivity contribution is -0.131. The number of unbranched alkanes of at least 4 members (excludes halogenated alkanes) is 1. The molecule has 17 heteroatoms. The van der Waals surface area contributed by atoms with Gasteiger partial charge in [0.1, 0.15) is 24.7 Å². The molecule has 7 amide bonds. The van der Waals surface area contributed by atoms with Crippen LogP contribution >= 0.6 is 0 Å². The van der Waals surface area contributed by atoms with Gasteiger partial charge in [-0.1, -0.05) is 0 Å². The number of carbonyl (C=O) groups is 6. The second-order valence-corrected chi connectivity index (χ2v) is 7.74. The van der Waals surface area contributed by atoms with Crippen LogP contribution in [-0.2, 0) is 33.4 Å². The molecule has 0 bridgehead atoms. The summed E-state index contributed by atoms with van der Waals surface area (Å²) in [6, 6.07) is -4.36. The predicted molar refractivity (Wildman–Crippen MR) is 128 cm³/mol. The van der Waals surface area contributed by atoms with Gasteiger partial charge in [-0.25, -0.2) is 4.79 Å². The van der Waals surface area contributed by atoms with Gasteiger partial charge in [-0.15, -0.1) is 0 Å². The minimum absolute atomic E-state index is 0.0392. The molecule has 0 aromatic carbocycles. The zero-order chi connectivity index (χ0) is 28.2. The molecule has 0 aliphatic heterocycles. The highest BCUT2D eigenvalue weighted by Crippen LogP contribution is 2.01. The minimum atomic E-state index is -1.33. The molecule has 37 heavy (non-hydrogen) atoms. The van der Waals surface area contributed by atoms with Gasteiger partial charge in [0.2, 0.25) is 29.5 Å². The number of ether oxygens (including phenoxy) is 2. The standard InChI is InChI=1S/C20H38N8O9/c21-4-2-1-3-12(27-20(35)28-13(17(23)32)9-15(22)30)19(34)25-5-6-36-7-8-37-11-16(31)26-14(10-29)18(24)33/h12-14,29H,1-11,21H2,(H2,22,30)(H2,23,32)(H2,24,33)(H,25,34)(H,26,31)(H2,27,28,35)/t12-,13+,14-/m0/s1. The van der Waals surface area contributed by atoms with E-state index in [0.717, 1.165) is 0 Å². The fraction of sp³-hybridized carbons (Fsp3) is 0.700. The summed E-state index contributed by atoms with van der Waals surface area (Å²) in [5.41, 5.74) is 20.6. The summed E-state index contributed by atoms with van der Waals surface area (Å²) in [4.78, 5) is 69.7. The third kappa shape index (κ3) is 16.7. The van der Waals surface area contributed by atoms with Crippen LogP contribution in [0.1, 0.15) is 25.7 Å². The van der Waals surface area contributed by atoms with Crippen molar-refractivity contribution < 1.29 is 43.3 Å². The number of hydrogen-bond acceptors (Lipinski definition) is 10. The number of nitrogens with two attached hydrogens (primary N) is 4. The third-order valence-electron chi connectivity index (χ3n) is 4.63. The molecule has 0 heterocycles. The SMILES string of the molecule is NCCCC[C@H](NC(=O)N[C@H](CC(N)=O)C(N)=O)C(=O)NCCOCCOCC(=O)N[C@@H](CO)C(N)=O. The van der Waals surface area contributed by atoms with Crippen molar-refractivity contribution in [1.82, 2.24) is 21.3 Å². The second-order valence-electron chi connectivity index (χ2n) is 7.74. The Morgan fingerprint density at radius 1 is 0.784 bits per heavy atom. The smallest absolute Gasteiger partial charge is 0.316 e. The Morgan fingerprint density at radius 3 is 1.97 bits per heavy atom. The molecule has 0 spiro atoms. The first-order valence-electron chi connectivity index (χ1n) is 11.5. The molecule has 0 aliphatic carbocycles. The molecule has 17 nitrogen and oxygen atoms in total. The second kappa shape index (κ2) is 19.6. The van der Waals surface area contributed by atoms with E-state index in [0.29, 0.717) is 19.4 Å². The van der Waals surface area contributed by atoms with E-state index in [9.17, 15) is 28.8 Å². The third-order valence-corrected chi connectivity index (χ3v) is 4.63. The molecule has 0 radical (unpaired) electrons. The molecular weight excluding hydrogens is 496 g/mol. The summed E-state index contributed by atoms with van der Waals surface area (Å²) in [5, 5.41) is 18.4. The summed E-state index contributed by atoms with van der Waals surface area (Å²) in [7, 11) is 0. The first-order chi connectivity index (χ1) is 17.5. The molecule has 0 saturated heterocycles. The van der Waals surface area contributed by atoms with Gasteiger partial charge in [-0.3, -0.25) is 24.0 Å². The molecule has 0 aliphatic rings. The van der Waals surface area contributed by atoms with Crippen LogP contribution in [0.25, 0.3) is 0 Å². The van der Waals surface area contributed by atoms with Crippen molar-refractivity contribution in [3.8, 4) is 0 Å². The number of amides is 7. The van der Waals surface area contributed by atoms with E-state index < -0.39 is 66.7 Å². The van der Waals surface area contributed by atoms with Crippen LogP contribution in [0.15, 0.2) is 0 Å². The average Bonchev–Trinajstić information content (AvgIpc) is 2.82. The normalized spacial score (nSPS) is 13.0. The van der Waals surface area contributed by atoms with E-state index >= 15 is 0 Å². The van der Waals surface area contributed by atoms with E-state index in [1.807, 2.05) is 0 Å². The lowest BCUT2D eigenvalue weighted by Gasteiger charge is -2.21. The number of primary amides is 3. The summed E-state index contributed by atoms with van der Waals surface area (Å²) >= 11 is 0. The zero-order valence-corrected chi connectivity index (χ0v) is 20.5. The minimum Gasteiger partial charge on any atom is -0.394 e. The molecule has 3 atom stereocenters. The molecule has 13 N–H and O–H groups in total. The van der Waals surface area contributed by atoms with Crippen molar-refractivity contribution in [2.24, 2.45) is 22.9 Å². The van der Waals surface area contributed by atoms with Crippen LogP contribution in [0.4, 0.5) is 4.79 Å². The van der Waals surface area contributed by atoms with E-state index in [1.165, 1.54) is 0 Å². The van der Waals surface area contributed by atoms with Crippen molar-refractivity contribution in [1.29, 1.82) is 0 Å². The topological polar surface area (TPSA) is 293 Å². The van der Waals surface area contributed by atoms with Gasteiger partial charge in [0.05, 0.1) is 32.8 Å². The van der Waals surface area contributed by atoms with Gasteiger partial charge in [0, 0.05) is 6.54 Å². The Hall–Kier alpha value is -3.54. The Labute approximate surface area is 213 Å². The molecule has 0 aromatic rings. The van der Waals surface area contributed by atoms with E-state index in [1.54, 1.807) is 0 Å². The van der Waals surface area contributed by atoms with Crippen LogP contribution in [-0.4, -0.2) is 105 Å². The maximum atomic E-state index is 12.5. The van der Waals surface area contributed by atoms with Gasteiger partial charge in [0.15, 0.2) is 0 Å². The fourth-order valence-electron chi connectivity index (χ4n) is 2.74. The van der Waals surface area contributed by atoms with E-state index in [4.69, 9.17) is 37.5 Å². The van der Waals surface area contributed by atoms with Crippen molar-refractivity contribution in [3.05, 3.63) is 0 Å². The first-order valence-corrected chi connectivity index (χ1v) is 11.5. The van der Waals surface area contributed by atoms with Crippen molar-refractivity contribution >= 4 is 35.6 Å². The molecular formula is C20H38N8O9. The Kier molecular flexibility index (Phi) is 17.7. The summed E-state index contributed by atoms with van der Waals surface area (Å²) in [6.07, 6.45) is 0.921. The molecule has 0 fully saturated rings. The van der Waals surface area contributed by atoms with Gasteiger partial charge < -0.3 is 58.8 Å². The lowest BCUT2D eigenvalue weighted by Crippen LogP contribution is -2.55. The highest BCUT2D eigenvalue weighted by atomic mass is 16.5. The largest absolute Gasteiger partial charge is 0.394 e. The number of nitrogens with one attached hydrogen (secondary N) is 4. The van der Waals surface area contributed by atoms with Crippen LogP contribution in [0.3, 0.4) is 0 Å². The van der Waals surface area contributed by atoms with E-state index in [2.05, 4.69) is 21.3 Å². The fourth-order valence-corrected chi connectivity index (χ4v) is 2.74. The van der Waals surface area contributed by atoms with Crippen LogP contribution < -0.4 is 44.2 Å². The Morgan fingerprint density at radius 2 is 1.41 bits per heavy atom. The summed E-state index contributed by atoms with van der Waals surface area (Å²) in [6.45, 7) is -0.286. The summed E-state index contributed by atoms with van der Waals surface area (Å²) < 4.78 is 10.4. The van der Waals surface area contributed by atoms with Gasteiger partial charge in [-0.05, 0) is 25.8 Å². The maximum Gasteiger partial charge on any atom is 0.316 e. The Bertz CT molecular complexity index is 768. The zero-order valence-electron chi connectivity index (χ0n) is 20.5. The number of aliphatic hydroxyl groups excluding tert-OH is 1. The number of urea groups is 1. The van der Waals surface area contributed by atoms with Gasteiger partial charge in [-0.2, -0.15) is 0 Å². The molecule has 0 saturated carbocycles. The van der Waals surface area contributed by atoms with Crippen molar-refractivity contribution in [2.75, 3.05) is 46.1 Å². The van der Waals surface area contributed by atoms with Gasteiger partial charge >= 0.3 is 6.03 Å². The number of aliphatic hydroxyl groups is 1. The highest BCUT2D eigenvalue weighted by Gasteiger charge is 2.24. The predicted octanol–water partition coefficient (Wildman–Crippen LogP) is -5.38. The number of rotatable bonds is 21. The average molecular weight is 535 g/mol. The van der Waals surface area contributed by atoms with E-state index in [-0.39, 0.29) is 39.4 Å². The molecule has 212 valence electrons. The Balaban J connectivity index is 4.40. The molecule has 0 aromatic heterocycles. The highest BCUT2D eigenvalue weighted by molar-refractivity contribution is 5.92. The van der Waals surface area contributed by atoms with Crippen LogP contribution in [0.5, 0.6) is 0 Å². The van der Waals surface area contributed by atoms with Crippen LogP contribution in [0, 0.1) is 0 Å². The molecule has 0 unspecified atom stereocenters. The first kappa shape index (κ1) is 33.5. The van der Waals surface area contributed by atoms with Crippen LogP contribution in [0.2, 0.25) is 0 Å². The number of carbonyl (C=O) groups excluding carboxylic acids is 6. The van der Waals surface area contributed by atoms with Crippen molar-refractivity contribution in [3.63, 3.8) is 0 Å². The maximum absolute atomic E-state index is 12.5. The number of hydrogen-bond donors (Lipinski definition) is 9. The van der Waals surface area contributed by atoms with Crippen molar-refractivity contribution in [2.45, 2.75) is 43.8 Å².